The smallest absolute Gasteiger partial charge is 0.277 e. The van der Waals surface area contributed by atoms with Crippen LogP contribution in [0.25, 0.3) is 22.2 Å². The average Bonchev–Trinajstić information content (AvgIpc) is 3.10. The molecule has 0 saturated carbocycles. The quantitative estimate of drug-likeness (QED) is 0.465. The summed E-state index contributed by atoms with van der Waals surface area (Å²) in [5.41, 5.74) is 4.08. The molecular weight excluding hydrogens is 376 g/mol. The molecule has 142 valence electrons. The Morgan fingerprint density at radius 3 is 2.68 bits per heavy atom. The highest BCUT2D eigenvalue weighted by molar-refractivity contribution is 7.90. The minimum atomic E-state index is -3.76. The van der Waals surface area contributed by atoms with Crippen LogP contribution < -0.4 is 9.44 Å². The Morgan fingerprint density at radius 2 is 1.89 bits per heavy atom. The number of H-pyrrole nitrogens is 1. The molecule has 0 atom stereocenters. The summed E-state index contributed by atoms with van der Waals surface area (Å²) in [6, 6.07) is 14.7. The van der Waals surface area contributed by atoms with Crippen LogP contribution in [0.2, 0.25) is 0 Å². The zero-order chi connectivity index (χ0) is 19.6. The van der Waals surface area contributed by atoms with Crippen LogP contribution in [-0.4, -0.2) is 28.6 Å². The lowest BCUT2D eigenvalue weighted by Gasteiger charge is -2.09. The zero-order valence-corrected chi connectivity index (χ0v) is 15.9. The lowest BCUT2D eigenvalue weighted by atomic mass is 10.1. The van der Waals surface area contributed by atoms with Gasteiger partial charge in [-0.15, -0.1) is 0 Å². The van der Waals surface area contributed by atoms with Crippen LogP contribution in [0, 0.1) is 6.92 Å². The summed E-state index contributed by atoms with van der Waals surface area (Å²) in [5.74, 6) is 0.203. The SMILES string of the molecule is Cc1cc(-c2n[nH]c3cc(NS(=O)(=O)NCc4ccccc4)ncc23)ccn1. The third-order valence-corrected chi connectivity index (χ3v) is 5.17. The van der Waals surface area contributed by atoms with Gasteiger partial charge in [-0.2, -0.15) is 18.2 Å². The normalized spacial score (nSPS) is 11.6. The minimum Gasteiger partial charge on any atom is -0.277 e. The van der Waals surface area contributed by atoms with E-state index in [0.717, 1.165) is 27.9 Å². The molecule has 28 heavy (non-hydrogen) atoms. The first-order valence-corrected chi connectivity index (χ1v) is 10.1. The van der Waals surface area contributed by atoms with Crippen molar-refractivity contribution in [2.24, 2.45) is 0 Å². The van der Waals surface area contributed by atoms with Crippen molar-refractivity contribution in [3.8, 4) is 11.3 Å². The molecule has 3 heterocycles. The fourth-order valence-corrected chi connectivity index (χ4v) is 3.65. The standard InChI is InChI=1S/C19H18N6O2S/c1-13-9-15(7-8-20-13)19-16-12-21-18(10-17(16)23-24-19)25-28(26,27)22-11-14-5-3-2-4-6-14/h2-10,12,22H,11H2,1H3,(H,21,25)(H,23,24). The number of anilines is 1. The number of nitrogens with one attached hydrogen (secondary N) is 3. The predicted octanol–water partition coefficient (Wildman–Crippen LogP) is 2.77. The molecular formula is C19H18N6O2S. The Hall–Kier alpha value is -3.30. The van der Waals surface area contributed by atoms with Gasteiger partial charge in [0, 0.05) is 41.6 Å². The molecule has 8 nitrogen and oxygen atoms in total. The maximum Gasteiger partial charge on any atom is 0.300 e. The van der Waals surface area contributed by atoms with Crippen molar-refractivity contribution in [2.45, 2.75) is 13.5 Å². The van der Waals surface area contributed by atoms with E-state index in [1.807, 2.05) is 49.4 Å². The molecule has 1 aromatic carbocycles. The van der Waals surface area contributed by atoms with Gasteiger partial charge in [0.15, 0.2) is 0 Å². The number of aromatic amines is 1. The first-order valence-electron chi connectivity index (χ1n) is 8.59. The zero-order valence-electron chi connectivity index (χ0n) is 15.0. The van der Waals surface area contributed by atoms with Gasteiger partial charge < -0.3 is 0 Å². The fourth-order valence-electron chi connectivity index (χ4n) is 2.83. The Bertz CT molecular complexity index is 1220. The van der Waals surface area contributed by atoms with E-state index in [9.17, 15) is 8.42 Å². The second-order valence-electron chi connectivity index (χ2n) is 6.29. The fraction of sp³-hybridized carbons (Fsp3) is 0.105. The maximum atomic E-state index is 12.3. The monoisotopic (exact) mass is 394 g/mol. The summed E-state index contributed by atoms with van der Waals surface area (Å²) in [6.07, 6.45) is 3.32. The Kier molecular flexibility index (Phi) is 4.76. The molecule has 3 N–H and O–H groups in total. The van der Waals surface area contributed by atoms with Gasteiger partial charge in [0.1, 0.15) is 11.5 Å². The van der Waals surface area contributed by atoms with Gasteiger partial charge in [-0.05, 0) is 24.6 Å². The number of hydrogen-bond donors (Lipinski definition) is 3. The van der Waals surface area contributed by atoms with Gasteiger partial charge in [-0.1, -0.05) is 30.3 Å². The summed E-state index contributed by atoms with van der Waals surface area (Å²) in [5, 5.41) is 8.06. The van der Waals surface area contributed by atoms with Crippen molar-refractivity contribution in [3.05, 3.63) is 72.2 Å². The number of hydrogen-bond acceptors (Lipinski definition) is 5. The molecule has 0 amide bonds. The van der Waals surface area contributed by atoms with E-state index in [4.69, 9.17) is 0 Å². The van der Waals surface area contributed by atoms with Gasteiger partial charge in [0.05, 0.1) is 5.52 Å². The van der Waals surface area contributed by atoms with Crippen molar-refractivity contribution in [1.29, 1.82) is 0 Å². The van der Waals surface area contributed by atoms with E-state index < -0.39 is 10.2 Å². The molecule has 0 bridgehead atoms. The maximum absolute atomic E-state index is 12.3. The van der Waals surface area contributed by atoms with Crippen molar-refractivity contribution in [2.75, 3.05) is 4.72 Å². The summed E-state index contributed by atoms with van der Waals surface area (Å²) < 4.78 is 29.5. The van der Waals surface area contributed by atoms with E-state index in [1.165, 1.54) is 0 Å². The average molecular weight is 394 g/mol. The van der Waals surface area contributed by atoms with Crippen LogP contribution in [0.15, 0.2) is 60.9 Å². The van der Waals surface area contributed by atoms with E-state index in [1.54, 1.807) is 18.5 Å². The van der Waals surface area contributed by atoms with Crippen molar-refractivity contribution < 1.29 is 8.42 Å². The molecule has 0 radical (unpaired) electrons. The molecule has 0 aliphatic heterocycles. The summed E-state index contributed by atoms with van der Waals surface area (Å²) >= 11 is 0. The summed E-state index contributed by atoms with van der Waals surface area (Å²) in [7, 11) is -3.76. The summed E-state index contributed by atoms with van der Waals surface area (Å²) in [4.78, 5) is 8.41. The van der Waals surface area contributed by atoms with Crippen LogP contribution in [-0.2, 0) is 16.8 Å². The van der Waals surface area contributed by atoms with Gasteiger partial charge >= 0.3 is 10.2 Å². The van der Waals surface area contributed by atoms with Gasteiger partial charge in [-0.25, -0.2) is 4.98 Å². The van der Waals surface area contributed by atoms with E-state index >= 15 is 0 Å². The molecule has 4 rings (SSSR count). The highest BCUT2D eigenvalue weighted by atomic mass is 32.2. The molecule has 0 unspecified atom stereocenters. The number of aromatic nitrogens is 4. The van der Waals surface area contributed by atoms with E-state index in [2.05, 4.69) is 29.6 Å². The van der Waals surface area contributed by atoms with Crippen LogP contribution >= 0.6 is 0 Å². The van der Waals surface area contributed by atoms with Crippen LogP contribution in [0.4, 0.5) is 5.82 Å². The summed E-state index contributed by atoms with van der Waals surface area (Å²) in [6.45, 7) is 2.10. The number of pyridine rings is 2. The number of benzene rings is 1. The topological polar surface area (TPSA) is 113 Å². The van der Waals surface area contributed by atoms with Gasteiger partial charge in [0.2, 0.25) is 0 Å². The third kappa shape index (κ3) is 4.00. The first kappa shape index (κ1) is 18.1. The minimum absolute atomic E-state index is 0.189. The Morgan fingerprint density at radius 1 is 1.07 bits per heavy atom. The molecule has 0 saturated heterocycles. The van der Waals surface area contributed by atoms with Gasteiger partial charge in [-0.3, -0.25) is 14.8 Å². The second kappa shape index (κ2) is 7.37. The van der Waals surface area contributed by atoms with Crippen LogP contribution in [0.3, 0.4) is 0 Å². The Balaban J connectivity index is 1.53. The molecule has 0 fully saturated rings. The molecule has 0 aliphatic rings. The second-order valence-corrected chi connectivity index (χ2v) is 7.79. The highest BCUT2D eigenvalue weighted by Gasteiger charge is 2.14. The predicted molar refractivity (Wildman–Crippen MR) is 108 cm³/mol. The van der Waals surface area contributed by atoms with Crippen molar-refractivity contribution >= 4 is 26.9 Å². The number of rotatable bonds is 6. The highest BCUT2D eigenvalue weighted by Crippen LogP contribution is 2.27. The van der Waals surface area contributed by atoms with Crippen LogP contribution in [0.5, 0.6) is 0 Å². The molecule has 0 spiro atoms. The number of nitrogens with zero attached hydrogens (tertiary/aromatic N) is 3. The molecule has 4 aromatic rings. The molecule has 3 aromatic heterocycles. The third-order valence-electron chi connectivity index (χ3n) is 4.17. The molecule has 9 heteroatoms. The van der Waals surface area contributed by atoms with E-state index in [-0.39, 0.29) is 12.4 Å². The molecule has 0 aliphatic carbocycles. The van der Waals surface area contributed by atoms with E-state index in [0.29, 0.717) is 5.52 Å². The van der Waals surface area contributed by atoms with Crippen LogP contribution in [0.1, 0.15) is 11.3 Å². The number of aryl methyl sites for hydroxylation is 1. The Labute approximate surface area is 162 Å². The first-order chi connectivity index (χ1) is 13.5. The number of fused-ring (bicyclic) bond motifs is 1. The lowest BCUT2D eigenvalue weighted by molar-refractivity contribution is 0.586. The largest absolute Gasteiger partial charge is 0.300 e. The van der Waals surface area contributed by atoms with Gasteiger partial charge in [0.25, 0.3) is 0 Å². The van der Waals surface area contributed by atoms with Crippen molar-refractivity contribution in [1.82, 2.24) is 24.9 Å². The lowest BCUT2D eigenvalue weighted by Crippen LogP contribution is -2.30. The van der Waals surface area contributed by atoms with Crippen molar-refractivity contribution in [3.63, 3.8) is 0 Å².